The molecule has 2 aliphatic carbocycles. The van der Waals surface area contributed by atoms with Gasteiger partial charge in [0.15, 0.2) is 0 Å². The van der Waals surface area contributed by atoms with Gasteiger partial charge >= 0.3 is 5.97 Å². The summed E-state index contributed by atoms with van der Waals surface area (Å²) in [6, 6.07) is 0. The molecule has 3 heteroatoms. The summed E-state index contributed by atoms with van der Waals surface area (Å²) in [6.45, 7) is 0. The maximum atomic E-state index is 11.2. The molecule has 1 N–H and O–H groups in total. The quantitative estimate of drug-likeness (QED) is 0.701. The number of carboxylic acids is 1. The molecule has 4 fully saturated rings. The summed E-state index contributed by atoms with van der Waals surface area (Å²) in [5, 5.41) is 10.6. The van der Waals surface area contributed by atoms with Crippen LogP contribution in [0.5, 0.6) is 0 Å². The molecule has 2 aliphatic heterocycles. The van der Waals surface area contributed by atoms with Crippen LogP contribution in [-0.4, -0.2) is 21.6 Å². The zero-order valence-electron chi connectivity index (χ0n) is 7.53. The minimum atomic E-state index is -0.521. The van der Waals surface area contributed by atoms with Crippen molar-refractivity contribution >= 4 is 17.7 Å². The first-order valence-corrected chi connectivity index (χ1v) is 6.01. The van der Waals surface area contributed by atoms with Gasteiger partial charge in [-0.05, 0) is 38.0 Å². The van der Waals surface area contributed by atoms with Crippen LogP contribution in [-0.2, 0) is 4.79 Å². The summed E-state index contributed by atoms with van der Waals surface area (Å²) in [4.78, 5) is 11.2. The summed E-state index contributed by atoms with van der Waals surface area (Å²) in [7, 11) is 0. The minimum Gasteiger partial charge on any atom is -0.481 e. The van der Waals surface area contributed by atoms with Crippen LogP contribution in [0.3, 0.4) is 0 Å². The van der Waals surface area contributed by atoms with Crippen LogP contribution in [0.2, 0.25) is 0 Å². The Labute approximate surface area is 82.1 Å². The lowest BCUT2D eigenvalue weighted by Crippen LogP contribution is -2.51. The monoisotopic (exact) mass is 198 g/mol. The number of carboxylic acid groups (broad SMARTS) is 1. The highest BCUT2D eigenvalue weighted by atomic mass is 32.2. The van der Waals surface area contributed by atoms with Crippen molar-refractivity contribution < 1.29 is 9.90 Å². The fraction of sp³-hybridized carbons (Fsp3) is 0.900. The minimum absolute atomic E-state index is 0.304. The lowest BCUT2D eigenvalue weighted by molar-refractivity contribution is -0.154. The Morgan fingerprint density at radius 1 is 1.23 bits per heavy atom. The van der Waals surface area contributed by atoms with E-state index in [1.165, 1.54) is 12.8 Å². The van der Waals surface area contributed by atoms with E-state index in [0.29, 0.717) is 10.5 Å². The van der Waals surface area contributed by atoms with Gasteiger partial charge in [0.1, 0.15) is 0 Å². The van der Waals surface area contributed by atoms with Gasteiger partial charge in [-0.3, -0.25) is 4.79 Å². The number of aliphatic carboxylic acids is 1. The van der Waals surface area contributed by atoms with E-state index in [1.54, 1.807) is 0 Å². The van der Waals surface area contributed by atoms with E-state index in [-0.39, 0.29) is 5.41 Å². The van der Waals surface area contributed by atoms with Crippen molar-refractivity contribution in [1.29, 1.82) is 0 Å². The van der Waals surface area contributed by atoms with Crippen molar-refractivity contribution in [1.82, 2.24) is 0 Å². The lowest BCUT2D eigenvalue weighted by Gasteiger charge is -2.54. The molecule has 72 valence electrons. The molecule has 0 aromatic heterocycles. The topological polar surface area (TPSA) is 37.3 Å². The predicted octanol–water partition coefficient (Wildman–Crippen LogP) is 2.14. The molecule has 4 aliphatic rings. The van der Waals surface area contributed by atoms with Crippen molar-refractivity contribution in [3.8, 4) is 0 Å². The highest BCUT2D eigenvalue weighted by Gasteiger charge is 2.55. The maximum absolute atomic E-state index is 11.2. The van der Waals surface area contributed by atoms with Crippen molar-refractivity contribution in [3.63, 3.8) is 0 Å². The normalized spacial score (nSPS) is 52.5. The Morgan fingerprint density at radius 3 is 2.31 bits per heavy atom. The number of thioether (sulfide) groups is 1. The molecule has 4 rings (SSSR count). The zero-order chi connectivity index (χ0) is 9.05. The largest absolute Gasteiger partial charge is 0.481 e. The molecule has 4 bridgehead atoms. The number of hydrogen-bond donors (Lipinski definition) is 1. The first-order valence-electron chi connectivity index (χ1n) is 5.07. The second-order valence-electron chi connectivity index (χ2n) is 4.92. The van der Waals surface area contributed by atoms with Gasteiger partial charge in [-0.15, -0.1) is 0 Å². The van der Waals surface area contributed by atoms with Crippen LogP contribution in [0.25, 0.3) is 0 Å². The van der Waals surface area contributed by atoms with Crippen LogP contribution in [0.4, 0.5) is 0 Å². The number of hydrogen-bond acceptors (Lipinski definition) is 2. The van der Waals surface area contributed by atoms with E-state index in [4.69, 9.17) is 0 Å². The summed E-state index contributed by atoms with van der Waals surface area (Å²) in [5.74, 6) is 0.210. The molecule has 2 saturated carbocycles. The zero-order valence-corrected chi connectivity index (χ0v) is 8.35. The SMILES string of the molecule is O=C(O)C12CC3CC(C1)SC(C3)C2. The van der Waals surface area contributed by atoms with Gasteiger partial charge < -0.3 is 5.11 Å². The molecular weight excluding hydrogens is 184 g/mol. The molecule has 2 heterocycles. The summed E-state index contributed by atoms with van der Waals surface area (Å²) >= 11 is 2.06. The lowest BCUT2D eigenvalue weighted by atomic mass is 9.61. The average molecular weight is 198 g/mol. The standard InChI is InChI=1S/C10H14O2S/c11-9(12)10-3-6-1-7(4-10)13-8(2-6)5-10/h6-8H,1-5H2,(H,11,12). The third-order valence-electron chi connectivity index (χ3n) is 3.95. The highest BCUT2D eigenvalue weighted by molar-refractivity contribution is 8.00. The van der Waals surface area contributed by atoms with Gasteiger partial charge in [0.2, 0.25) is 0 Å². The van der Waals surface area contributed by atoms with Crippen LogP contribution < -0.4 is 0 Å². The number of carbonyl (C=O) groups is 1. The Kier molecular flexibility index (Phi) is 1.53. The second-order valence-corrected chi connectivity index (χ2v) is 6.52. The predicted molar refractivity (Wildman–Crippen MR) is 51.8 cm³/mol. The van der Waals surface area contributed by atoms with Crippen molar-refractivity contribution in [2.75, 3.05) is 0 Å². The summed E-state index contributed by atoms with van der Waals surface area (Å²) < 4.78 is 0. The van der Waals surface area contributed by atoms with Gasteiger partial charge in [0, 0.05) is 10.5 Å². The van der Waals surface area contributed by atoms with Gasteiger partial charge in [-0.25, -0.2) is 0 Å². The van der Waals surface area contributed by atoms with Crippen LogP contribution in [0.1, 0.15) is 32.1 Å². The molecule has 0 radical (unpaired) electrons. The molecule has 0 amide bonds. The molecule has 0 aromatic carbocycles. The molecular formula is C10H14O2S. The maximum Gasteiger partial charge on any atom is 0.309 e. The molecule has 2 atom stereocenters. The van der Waals surface area contributed by atoms with Gasteiger partial charge in [0.05, 0.1) is 5.41 Å². The molecule has 2 saturated heterocycles. The fourth-order valence-corrected chi connectivity index (χ4v) is 5.73. The van der Waals surface area contributed by atoms with Gasteiger partial charge in [0.25, 0.3) is 0 Å². The van der Waals surface area contributed by atoms with E-state index >= 15 is 0 Å². The van der Waals surface area contributed by atoms with Gasteiger partial charge in [-0.1, -0.05) is 0 Å². The molecule has 2 unspecified atom stereocenters. The van der Waals surface area contributed by atoms with E-state index < -0.39 is 5.97 Å². The smallest absolute Gasteiger partial charge is 0.309 e. The fourth-order valence-electron chi connectivity index (χ4n) is 3.59. The highest BCUT2D eigenvalue weighted by Crippen LogP contribution is 2.60. The third kappa shape index (κ3) is 1.06. The van der Waals surface area contributed by atoms with Crippen LogP contribution in [0.15, 0.2) is 0 Å². The van der Waals surface area contributed by atoms with Crippen molar-refractivity contribution in [2.24, 2.45) is 11.3 Å². The molecule has 0 spiro atoms. The first kappa shape index (κ1) is 8.16. The van der Waals surface area contributed by atoms with Crippen molar-refractivity contribution in [2.45, 2.75) is 42.6 Å². The Balaban J connectivity index is 1.95. The Hall–Kier alpha value is -0.180. The Bertz CT molecular complexity index is 226. The third-order valence-corrected chi connectivity index (χ3v) is 5.44. The first-order chi connectivity index (χ1) is 6.18. The van der Waals surface area contributed by atoms with Crippen LogP contribution in [0, 0.1) is 11.3 Å². The number of rotatable bonds is 1. The Morgan fingerprint density at radius 2 is 1.85 bits per heavy atom. The van der Waals surface area contributed by atoms with E-state index in [1.807, 2.05) is 0 Å². The molecule has 2 nitrogen and oxygen atoms in total. The summed E-state index contributed by atoms with van der Waals surface area (Å²) in [6.07, 6.45) is 5.43. The van der Waals surface area contributed by atoms with Crippen LogP contribution >= 0.6 is 11.8 Å². The molecule has 13 heavy (non-hydrogen) atoms. The van der Waals surface area contributed by atoms with E-state index in [0.717, 1.165) is 25.2 Å². The average Bonchev–Trinajstić information content (AvgIpc) is 2.00. The van der Waals surface area contributed by atoms with E-state index in [9.17, 15) is 9.90 Å². The van der Waals surface area contributed by atoms with Crippen molar-refractivity contribution in [3.05, 3.63) is 0 Å². The second kappa shape index (κ2) is 2.44. The summed E-state index contributed by atoms with van der Waals surface area (Å²) in [5.41, 5.74) is -0.304. The van der Waals surface area contributed by atoms with Gasteiger partial charge in [-0.2, -0.15) is 11.8 Å². The van der Waals surface area contributed by atoms with E-state index in [2.05, 4.69) is 11.8 Å². The molecule has 0 aromatic rings.